The topological polar surface area (TPSA) is 49.4 Å². The van der Waals surface area contributed by atoms with Gasteiger partial charge < -0.3 is 10.2 Å². The largest absolute Gasteiger partial charge is 0.418 e. The summed E-state index contributed by atoms with van der Waals surface area (Å²) < 4.78 is 39.2. The maximum Gasteiger partial charge on any atom is 0.418 e. The molecule has 0 spiro atoms. The molecule has 0 saturated heterocycles. The van der Waals surface area contributed by atoms with Gasteiger partial charge in [-0.05, 0) is 18.2 Å². The number of hydrogen-bond acceptors (Lipinski definition) is 3. The number of amides is 1. The third-order valence-corrected chi connectivity index (χ3v) is 3.12. The first-order chi connectivity index (χ1) is 9.70. The molecule has 0 fully saturated rings. The van der Waals surface area contributed by atoms with Crippen LogP contribution in [0.5, 0.6) is 0 Å². The lowest BCUT2D eigenvalue weighted by molar-refractivity contribution is -0.137. The number of alkyl halides is 3. The summed E-state index contributed by atoms with van der Waals surface area (Å²) in [5, 5.41) is 2.45. The van der Waals surface area contributed by atoms with E-state index in [1.54, 1.807) is 6.92 Å². The zero-order valence-corrected chi connectivity index (χ0v) is 12.0. The van der Waals surface area contributed by atoms with E-state index in [9.17, 15) is 22.8 Å². The number of carbonyl (C=O) groups is 2. The smallest absolute Gasteiger partial charge is 0.373 e. The average Bonchev–Trinajstić information content (AvgIpc) is 2.44. The zero-order valence-electron chi connectivity index (χ0n) is 12.0. The first-order valence-corrected chi connectivity index (χ1v) is 6.29. The molecule has 0 aliphatic rings. The van der Waals surface area contributed by atoms with Crippen molar-refractivity contribution in [2.45, 2.75) is 13.1 Å². The van der Waals surface area contributed by atoms with Crippen LogP contribution in [-0.4, -0.2) is 32.8 Å². The summed E-state index contributed by atoms with van der Waals surface area (Å²) in [6.07, 6.45) is -4.20. The Bertz CT molecular complexity index is 529. The molecule has 1 aromatic rings. The fourth-order valence-corrected chi connectivity index (χ4v) is 2.03. The van der Waals surface area contributed by atoms with Crippen molar-refractivity contribution in [2.24, 2.45) is 5.92 Å². The van der Waals surface area contributed by atoms with Crippen LogP contribution in [-0.2, 0) is 11.0 Å². The molecule has 116 valence electrons. The highest BCUT2D eigenvalue weighted by molar-refractivity contribution is 5.79. The third kappa shape index (κ3) is 4.21. The van der Waals surface area contributed by atoms with Crippen LogP contribution in [0.15, 0.2) is 18.2 Å². The predicted molar refractivity (Wildman–Crippen MR) is 73.3 cm³/mol. The molecule has 0 heterocycles. The predicted octanol–water partition coefficient (Wildman–Crippen LogP) is 2.34. The minimum Gasteiger partial charge on any atom is -0.373 e. The Morgan fingerprint density at radius 3 is 2.52 bits per heavy atom. The normalized spacial score (nSPS) is 12.7. The Morgan fingerprint density at radius 1 is 1.43 bits per heavy atom. The lowest BCUT2D eigenvalue weighted by Crippen LogP contribution is -2.35. The van der Waals surface area contributed by atoms with Crippen LogP contribution >= 0.6 is 0 Å². The maximum atomic E-state index is 13.1. The van der Waals surface area contributed by atoms with Gasteiger partial charge in [0.05, 0.1) is 11.5 Å². The van der Waals surface area contributed by atoms with Gasteiger partial charge in [0.15, 0.2) is 0 Å². The summed E-state index contributed by atoms with van der Waals surface area (Å²) in [7, 11) is 2.95. The maximum absolute atomic E-state index is 13.1. The number of nitrogens with one attached hydrogen (secondary N) is 1. The molecular formula is C14H17F3N2O2. The van der Waals surface area contributed by atoms with E-state index in [1.165, 1.54) is 31.1 Å². The lowest BCUT2D eigenvalue weighted by atomic mass is 10.1. The van der Waals surface area contributed by atoms with E-state index in [1.807, 2.05) is 0 Å². The Kier molecular flexibility index (Phi) is 5.34. The summed E-state index contributed by atoms with van der Waals surface area (Å²) in [5.41, 5.74) is -0.999. The minimum absolute atomic E-state index is 0.0428. The SMILES string of the molecule is CNC(=O)C(C)CN(C)c1ccc(C=O)cc1C(F)(F)F. The molecule has 1 amide bonds. The standard InChI is InChI=1S/C14H17F3N2O2/c1-9(13(21)18-2)7-19(3)12-5-4-10(8-20)6-11(12)14(15,16)17/h4-6,8-9H,7H2,1-3H3,(H,18,21). The highest BCUT2D eigenvalue weighted by Gasteiger charge is 2.35. The van der Waals surface area contributed by atoms with Gasteiger partial charge in [-0.1, -0.05) is 6.92 Å². The van der Waals surface area contributed by atoms with Gasteiger partial charge in [0.25, 0.3) is 0 Å². The van der Waals surface area contributed by atoms with Gasteiger partial charge in [-0.15, -0.1) is 0 Å². The van der Waals surface area contributed by atoms with Gasteiger partial charge >= 0.3 is 6.18 Å². The Labute approximate surface area is 120 Å². The molecule has 0 aromatic heterocycles. The molecule has 1 N–H and O–H groups in total. The minimum atomic E-state index is -4.57. The Balaban J connectivity index is 3.11. The third-order valence-electron chi connectivity index (χ3n) is 3.12. The van der Waals surface area contributed by atoms with Crippen molar-refractivity contribution >= 4 is 17.9 Å². The second kappa shape index (κ2) is 6.60. The van der Waals surface area contributed by atoms with Crippen molar-refractivity contribution in [1.82, 2.24) is 5.32 Å². The van der Waals surface area contributed by atoms with Crippen LogP contribution in [0.25, 0.3) is 0 Å². The Hall–Kier alpha value is -2.05. The molecule has 4 nitrogen and oxygen atoms in total. The van der Waals surface area contributed by atoms with Gasteiger partial charge in [0.1, 0.15) is 6.29 Å². The van der Waals surface area contributed by atoms with Gasteiger partial charge in [0, 0.05) is 31.9 Å². The summed E-state index contributed by atoms with van der Waals surface area (Å²) in [4.78, 5) is 23.5. The van der Waals surface area contributed by atoms with E-state index in [2.05, 4.69) is 5.32 Å². The van der Waals surface area contributed by atoms with Gasteiger partial charge in [-0.2, -0.15) is 13.2 Å². The first-order valence-electron chi connectivity index (χ1n) is 6.29. The van der Waals surface area contributed by atoms with Crippen LogP contribution in [0.1, 0.15) is 22.8 Å². The van der Waals surface area contributed by atoms with E-state index in [0.717, 1.165) is 6.07 Å². The van der Waals surface area contributed by atoms with E-state index in [0.29, 0.717) is 6.29 Å². The first kappa shape index (κ1) is 17.0. The number of aldehydes is 1. The van der Waals surface area contributed by atoms with Crippen molar-refractivity contribution < 1.29 is 22.8 Å². The molecule has 0 radical (unpaired) electrons. The zero-order chi connectivity index (χ0) is 16.2. The molecule has 1 aromatic carbocycles. The quantitative estimate of drug-likeness (QED) is 0.849. The molecule has 0 bridgehead atoms. The number of nitrogens with zero attached hydrogens (tertiary/aromatic N) is 1. The number of rotatable bonds is 5. The number of carbonyl (C=O) groups excluding carboxylic acids is 2. The van der Waals surface area contributed by atoms with Gasteiger partial charge in [-0.3, -0.25) is 9.59 Å². The molecule has 1 atom stereocenters. The monoisotopic (exact) mass is 302 g/mol. The molecule has 1 rings (SSSR count). The number of benzene rings is 1. The van der Waals surface area contributed by atoms with E-state index in [-0.39, 0.29) is 23.7 Å². The van der Waals surface area contributed by atoms with E-state index < -0.39 is 17.7 Å². The van der Waals surface area contributed by atoms with Crippen LogP contribution in [0.3, 0.4) is 0 Å². The molecule has 1 unspecified atom stereocenters. The molecule has 0 aliphatic carbocycles. The molecule has 21 heavy (non-hydrogen) atoms. The van der Waals surface area contributed by atoms with Crippen molar-refractivity contribution in [3.05, 3.63) is 29.3 Å². The molecule has 0 saturated carbocycles. The van der Waals surface area contributed by atoms with Crippen molar-refractivity contribution in [1.29, 1.82) is 0 Å². The van der Waals surface area contributed by atoms with Crippen molar-refractivity contribution in [2.75, 3.05) is 25.5 Å². The summed E-state index contributed by atoms with van der Waals surface area (Å²) in [6.45, 7) is 1.76. The highest BCUT2D eigenvalue weighted by Crippen LogP contribution is 2.36. The molecular weight excluding hydrogens is 285 g/mol. The number of halogens is 3. The Morgan fingerprint density at radius 2 is 2.05 bits per heavy atom. The van der Waals surface area contributed by atoms with E-state index in [4.69, 9.17) is 0 Å². The van der Waals surface area contributed by atoms with Crippen molar-refractivity contribution in [3.8, 4) is 0 Å². The molecule has 0 aliphatic heterocycles. The van der Waals surface area contributed by atoms with Crippen LogP contribution < -0.4 is 10.2 Å². The summed E-state index contributed by atoms with van der Waals surface area (Å²) in [5.74, 6) is -0.716. The second-order valence-electron chi connectivity index (χ2n) is 4.79. The van der Waals surface area contributed by atoms with Crippen LogP contribution in [0.2, 0.25) is 0 Å². The summed E-state index contributed by atoms with van der Waals surface area (Å²) in [6, 6.07) is 3.37. The lowest BCUT2D eigenvalue weighted by Gasteiger charge is -2.26. The number of anilines is 1. The van der Waals surface area contributed by atoms with Crippen LogP contribution in [0, 0.1) is 5.92 Å². The second-order valence-corrected chi connectivity index (χ2v) is 4.79. The van der Waals surface area contributed by atoms with Crippen molar-refractivity contribution in [3.63, 3.8) is 0 Å². The summed E-state index contributed by atoms with van der Waals surface area (Å²) >= 11 is 0. The van der Waals surface area contributed by atoms with E-state index >= 15 is 0 Å². The highest BCUT2D eigenvalue weighted by atomic mass is 19.4. The van der Waals surface area contributed by atoms with Crippen LogP contribution in [0.4, 0.5) is 18.9 Å². The fraction of sp³-hybridized carbons (Fsp3) is 0.429. The van der Waals surface area contributed by atoms with Gasteiger partial charge in [0.2, 0.25) is 5.91 Å². The van der Waals surface area contributed by atoms with Gasteiger partial charge in [-0.25, -0.2) is 0 Å². The number of hydrogen-bond donors (Lipinski definition) is 1. The fourth-order valence-electron chi connectivity index (χ4n) is 2.03. The molecule has 7 heteroatoms. The average molecular weight is 302 g/mol.